The van der Waals surface area contributed by atoms with E-state index in [0.29, 0.717) is 18.7 Å². The van der Waals surface area contributed by atoms with Gasteiger partial charge in [0.2, 0.25) is 10.0 Å². The Morgan fingerprint density at radius 1 is 1.21 bits per heavy atom. The fourth-order valence-electron chi connectivity index (χ4n) is 2.02. The zero-order valence-electron chi connectivity index (χ0n) is 13.7. The summed E-state index contributed by atoms with van der Waals surface area (Å²) >= 11 is 0. The van der Waals surface area contributed by atoms with Gasteiger partial charge in [-0.15, -0.1) is 0 Å². The second-order valence-electron chi connectivity index (χ2n) is 5.29. The Labute approximate surface area is 141 Å². The second kappa shape index (κ2) is 9.36. The fraction of sp³-hybridized carbons (Fsp3) is 0.467. The Morgan fingerprint density at radius 2 is 1.83 bits per heavy atom. The Bertz CT molecular complexity index is 658. The molecule has 2 amide bonds. The number of carbonyl (C=O) groups excluding carboxylic acids is 2. The van der Waals surface area contributed by atoms with Crippen LogP contribution in [0.5, 0.6) is 0 Å². The molecule has 4 N–H and O–H groups in total. The maximum Gasteiger partial charge on any atom is 0.313 e. The van der Waals surface area contributed by atoms with Crippen LogP contribution in [0.4, 0.5) is 5.69 Å². The number of ether oxygens (including phenoxy) is 1. The van der Waals surface area contributed by atoms with Crippen LogP contribution in [0.1, 0.15) is 26.2 Å². The van der Waals surface area contributed by atoms with Crippen molar-refractivity contribution in [1.29, 1.82) is 0 Å². The van der Waals surface area contributed by atoms with Crippen LogP contribution in [-0.4, -0.2) is 40.0 Å². The van der Waals surface area contributed by atoms with Crippen molar-refractivity contribution in [2.45, 2.75) is 37.1 Å². The molecule has 9 heteroatoms. The third-order valence-corrected chi connectivity index (χ3v) is 4.19. The van der Waals surface area contributed by atoms with E-state index in [0.717, 1.165) is 12.8 Å². The second-order valence-corrected chi connectivity index (χ2v) is 6.85. The molecule has 0 bridgehead atoms. The highest BCUT2D eigenvalue weighted by Gasteiger charge is 2.18. The highest BCUT2D eigenvalue weighted by Crippen LogP contribution is 2.12. The number of hydrogen-bond donors (Lipinski definition) is 3. The molecule has 0 heterocycles. The van der Waals surface area contributed by atoms with E-state index in [2.05, 4.69) is 10.6 Å². The molecular weight excluding hydrogens is 334 g/mol. The van der Waals surface area contributed by atoms with Crippen molar-refractivity contribution in [2.24, 2.45) is 5.14 Å². The molecule has 8 nitrogen and oxygen atoms in total. The fourth-order valence-corrected chi connectivity index (χ4v) is 2.53. The van der Waals surface area contributed by atoms with Gasteiger partial charge in [0.05, 0.1) is 17.5 Å². The number of anilines is 1. The summed E-state index contributed by atoms with van der Waals surface area (Å²) in [5.74, 6) is -1.61. The molecule has 0 aromatic heterocycles. The minimum absolute atomic E-state index is 0.0790. The van der Waals surface area contributed by atoms with Gasteiger partial charge in [-0.2, -0.15) is 0 Å². The monoisotopic (exact) mass is 357 g/mol. The number of sulfonamides is 1. The SMILES string of the molecule is CCCC[C@H](COC)NC(=O)C(=O)Nc1ccc(S(N)(=O)=O)cc1. The summed E-state index contributed by atoms with van der Waals surface area (Å²) in [4.78, 5) is 23.7. The van der Waals surface area contributed by atoms with Crippen LogP contribution in [0, 0.1) is 0 Å². The van der Waals surface area contributed by atoms with Crippen molar-refractivity contribution in [3.8, 4) is 0 Å². The van der Waals surface area contributed by atoms with E-state index < -0.39 is 21.8 Å². The standard InChI is InChI=1S/C15H23N3O5S/c1-3-4-5-12(10-23-2)18-15(20)14(19)17-11-6-8-13(9-7-11)24(16,21)22/h6-9,12H,3-5,10H2,1-2H3,(H,17,19)(H,18,20)(H2,16,21,22)/t12-/m1/s1. The van der Waals surface area contributed by atoms with E-state index in [-0.39, 0.29) is 10.9 Å². The number of methoxy groups -OCH3 is 1. The van der Waals surface area contributed by atoms with Gasteiger partial charge < -0.3 is 15.4 Å². The average molecular weight is 357 g/mol. The van der Waals surface area contributed by atoms with Crippen LogP contribution < -0.4 is 15.8 Å². The predicted octanol–water partition coefficient (Wildman–Crippen LogP) is 0.594. The molecule has 0 aliphatic rings. The van der Waals surface area contributed by atoms with E-state index in [9.17, 15) is 18.0 Å². The first kappa shape index (κ1) is 20.1. The third-order valence-electron chi connectivity index (χ3n) is 3.26. The Kier molecular flexibility index (Phi) is 7.83. The molecule has 1 rings (SSSR count). The largest absolute Gasteiger partial charge is 0.383 e. The highest BCUT2D eigenvalue weighted by molar-refractivity contribution is 7.89. The van der Waals surface area contributed by atoms with Gasteiger partial charge in [0.1, 0.15) is 0 Å². The maximum atomic E-state index is 11.9. The number of benzene rings is 1. The van der Waals surface area contributed by atoms with E-state index in [1.807, 2.05) is 6.92 Å². The van der Waals surface area contributed by atoms with Gasteiger partial charge in [0.25, 0.3) is 0 Å². The number of primary sulfonamides is 1. The molecule has 0 spiro atoms. The number of amides is 2. The molecule has 1 aromatic rings. The van der Waals surface area contributed by atoms with Crippen molar-refractivity contribution in [3.05, 3.63) is 24.3 Å². The molecule has 24 heavy (non-hydrogen) atoms. The molecule has 0 fully saturated rings. The van der Waals surface area contributed by atoms with Crippen LogP contribution in [0.15, 0.2) is 29.2 Å². The van der Waals surface area contributed by atoms with Gasteiger partial charge in [-0.05, 0) is 30.7 Å². The van der Waals surface area contributed by atoms with Crippen LogP contribution in [0.2, 0.25) is 0 Å². The number of hydrogen-bond acceptors (Lipinski definition) is 5. The van der Waals surface area contributed by atoms with Gasteiger partial charge in [-0.25, -0.2) is 13.6 Å². The summed E-state index contributed by atoms with van der Waals surface area (Å²) in [5, 5.41) is 10.0. The van der Waals surface area contributed by atoms with Crippen molar-refractivity contribution < 1.29 is 22.7 Å². The number of carbonyl (C=O) groups is 2. The first-order valence-corrected chi connectivity index (χ1v) is 9.06. The summed E-state index contributed by atoms with van der Waals surface area (Å²) < 4.78 is 27.3. The maximum absolute atomic E-state index is 11.9. The van der Waals surface area contributed by atoms with Crippen molar-refractivity contribution in [3.63, 3.8) is 0 Å². The van der Waals surface area contributed by atoms with Gasteiger partial charge in [-0.1, -0.05) is 19.8 Å². The summed E-state index contributed by atoms with van der Waals surface area (Å²) in [6, 6.07) is 4.97. The lowest BCUT2D eigenvalue weighted by atomic mass is 10.1. The van der Waals surface area contributed by atoms with E-state index >= 15 is 0 Å². The van der Waals surface area contributed by atoms with E-state index in [1.165, 1.54) is 31.4 Å². The molecule has 0 aliphatic carbocycles. The molecule has 1 aromatic carbocycles. The van der Waals surface area contributed by atoms with Crippen molar-refractivity contribution in [2.75, 3.05) is 19.0 Å². The lowest BCUT2D eigenvalue weighted by molar-refractivity contribution is -0.136. The first-order valence-electron chi connectivity index (χ1n) is 7.51. The number of rotatable bonds is 8. The Hall–Kier alpha value is -1.97. The molecule has 0 radical (unpaired) electrons. The molecule has 134 valence electrons. The van der Waals surface area contributed by atoms with E-state index in [1.54, 1.807) is 0 Å². The molecule has 1 atom stereocenters. The minimum Gasteiger partial charge on any atom is -0.383 e. The Morgan fingerprint density at radius 3 is 2.33 bits per heavy atom. The van der Waals surface area contributed by atoms with Crippen LogP contribution in [0.25, 0.3) is 0 Å². The molecular formula is C15H23N3O5S. The smallest absolute Gasteiger partial charge is 0.313 e. The number of nitrogens with one attached hydrogen (secondary N) is 2. The van der Waals surface area contributed by atoms with Gasteiger partial charge in [0, 0.05) is 12.8 Å². The number of nitrogens with two attached hydrogens (primary N) is 1. The van der Waals surface area contributed by atoms with E-state index in [4.69, 9.17) is 9.88 Å². The zero-order valence-corrected chi connectivity index (χ0v) is 14.6. The van der Waals surface area contributed by atoms with Gasteiger partial charge in [-0.3, -0.25) is 9.59 Å². The van der Waals surface area contributed by atoms with Gasteiger partial charge >= 0.3 is 11.8 Å². The van der Waals surface area contributed by atoms with Crippen LogP contribution in [0.3, 0.4) is 0 Å². The summed E-state index contributed by atoms with van der Waals surface area (Å²) in [6.07, 6.45) is 2.59. The van der Waals surface area contributed by atoms with Gasteiger partial charge in [0.15, 0.2) is 0 Å². The third kappa shape index (κ3) is 6.65. The predicted molar refractivity (Wildman–Crippen MR) is 89.8 cm³/mol. The molecule has 0 unspecified atom stereocenters. The first-order chi connectivity index (χ1) is 11.3. The summed E-state index contributed by atoms with van der Waals surface area (Å²) in [5.41, 5.74) is 0.291. The average Bonchev–Trinajstić information content (AvgIpc) is 2.52. The molecule has 0 saturated carbocycles. The lowest BCUT2D eigenvalue weighted by Gasteiger charge is -2.17. The molecule has 0 aliphatic heterocycles. The quantitative estimate of drug-likeness (QED) is 0.587. The summed E-state index contributed by atoms with van der Waals surface area (Å²) in [7, 11) is -2.28. The normalized spacial score (nSPS) is 12.5. The zero-order chi connectivity index (χ0) is 18.2. The lowest BCUT2D eigenvalue weighted by Crippen LogP contribution is -2.43. The topological polar surface area (TPSA) is 128 Å². The Balaban J connectivity index is 2.64. The number of unbranched alkanes of at least 4 members (excludes halogenated alkanes) is 1. The van der Waals surface area contributed by atoms with Crippen LogP contribution >= 0.6 is 0 Å². The summed E-state index contributed by atoms with van der Waals surface area (Å²) in [6.45, 7) is 2.35. The van der Waals surface area contributed by atoms with Crippen molar-refractivity contribution >= 4 is 27.5 Å². The minimum atomic E-state index is -3.80. The highest BCUT2D eigenvalue weighted by atomic mass is 32.2. The molecule has 0 saturated heterocycles. The van der Waals surface area contributed by atoms with Crippen molar-refractivity contribution in [1.82, 2.24) is 5.32 Å². The van der Waals surface area contributed by atoms with Crippen LogP contribution in [-0.2, 0) is 24.3 Å².